The molecule has 0 fully saturated rings. The zero-order valence-electron chi connectivity index (χ0n) is 10.1. The molecule has 20 heavy (non-hydrogen) atoms. The molecule has 1 aromatic heterocycles. The maximum absolute atomic E-state index is 11.0. The first-order valence-corrected chi connectivity index (χ1v) is 6.26. The predicted molar refractivity (Wildman–Crippen MR) is 77.7 cm³/mol. The van der Waals surface area contributed by atoms with Crippen molar-refractivity contribution < 1.29 is 9.90 Å². The van der Waals surface area contributed by atoms with E-state index < -0.39 is 5.97 Å². The average Bonchev–Trinajstić information content (AvgIpc) is 2.42. The van der Waals surface area contributed by atoms with Crippen LogP contribution in [0.2, 0.25) is 0 Å². The van der Waals surface area contributed by atoms with Crippen molar-refractivity contribution in [3.05, 3.63) is 46.1 Å². The van der Waals surface area contributed by atoms with Gasteiger partial charge in [-0.15, -0.1) is 0 Å². The first-order valence-electron chi connectivity index (χ1n) is 5.46. The van der Waals surface area contributed by atoms with Crippen molar-refractivity contribution >= 4 is 39.1 Å². The molecule has 4 N–H and O–H groups in total. The minimum Gasteiger partial charge on any atom is -0.478 e. The molecule has 0 spiro atoms. The lowest BCUT2D eigenvalue weighted by molar-refractivity contribution is 0.0698. The lowest BCUT2D eigenvalue weighted by Gasteiger charge is -2.09. The van der Waals surface area contributed by atoms with E-state index in [4.69, 9.17) is 16.1 Å². The molecule has 0 radical (unpaired) electrons. The second-order valence-corrected chi connectivity index (χ2v) is 4.80. The fourth-order valence-corrected chi connectivity index (χ4v) is 1.94. The van der Waals surface area contributed by atoms with Crippen LogP contribution in [0.1, 0.15) is 15.9 Å². The van der Waals surface area contributed by atoms with Crippen LogP contribution in [0.25, 0.3) is 0 Å². The van der Waals surface area contributed by atoms with E-state index in [1.54, 1.807) is 18.2 Å². The summed E-state index contributed by atoms with van der Waals surface area (Å²) in [5, 5.41) is 21.0. The zero-order chi connectivity index (χ0) is 14.7. The number of nitriles is 1. The molecule has 1 heterocycles. The number of aromatic carboxylic acids is 1. The Morgan fingerprint density at radius 2 is 2.20 bits per heavy atom. The van der Waals surface area contributed by atoms with E-state index >= 15 is 0 Å². The second-order valence-electron chi connectivity index (χ2n) is 3.89. The van der Waals surface area contributed by atoms with Crippen molar-refractivity contribution in [3.8, 4) is 6.07 Å². The number of rotatable bonds is 3. The fraction of sp³-hybridized carbons (Fsp3) is 0. The van der Waals surface area contributed by atoms with Crippen molar-refractivity contribution in [1.29, 1.82) is 5.26 Å². The van der Waals surface area contributed by atoms with Gasteiger partial charge >= 0.3 is 5.97 Å². The quantitative estimate of drug-likeness (QED) is 0.796. The summed E-state index contributed by atoms with van der Waals surface area (Å²) in [5.74, 6) is -0.834. The van der Waals surface area contributed by atoms with Crippen LogP contribution in [0.15, 0.2) is 34.9 Å². The first kappa shape index (κ1) is 13.8. The highest BCUT2D eigenvalue weighted by molar-refractivity contribution is 9.10. The molecule has 0 unspecified atom stereocenters. The van der Waals surface area contributed by atoms with Gasteiger partial charge in [0.15, 0.2) is 0 Å². The number of halogens is 1. The van der Waals surface area contributed by atoms with Gasteiger partial charge in [0, 0.05) is 4.47 Å². The Bertz CT molecular complexity index is 725. The summed E-state index contributed by atoms with van der Waals surface area (Å²) < 4.78 is 0.774. The van der Waals surface area contributed by atoms with E-state index in [-0.39, 0.29) is 11.3 Å². The summed E-state index contributed by atoms with van der Waals surface area (Å²) in [6, 6.07) is 8.47. The Morgan fingerprint density at radius 1 is 1.45 bits per heavy atom. The second kappa shape index (κ2) is 5.59. The van der Waals surface area contributed by atoms with Gasteiger partial charge in [0.2, 0.25) is 0 Å². The highest BCUT2D eigenvalue weighted by Crippen LogP contribution is 2.24. The number of carboxylic acids is 1. The van der Waals surface area contributed by atoms with Crippen LogP contribution in [0.5, 0.6) is 0 Å². The molecule has 6 nitrogen and oxygen atoms in total. The van der Waals surface area contributed by atoms with Gasteiger partial charge in [0.25, 0.3) is 0 Å². The topological polar surface area (TPSA) is 112 Å². The molecular formula is C13H9BrN4O2. The standard InChI is InChI=1S/C13H9BrN4O2/c14-8-1-2-11(7(3-8)5-15)18-12-4-9(13(19)20)10(16)6-17-12/h1-4,6H,16H2,(H,17,18)(H,19,20). The van der Waals surface area contributed by atoms with E-state index in [1.165, 1.54) is 12.3 Å². The van der Waals surface area contributed by atoms with Crippen molar-refractivity contribution in [2.45, 2.75) is 0 Å². The highest BCUT2D eigenvalue weighted by Gasteiger charge is 2.11. The van der Waals surface area contributed by atoms with Gasteiger partial charge in [-0.25, -0.2) is 9.78 Å². The molecule has 7 heteroatoms. The molecule has 2 aromatic rings. The van der Waals surface area contributed by atoms with Gasteiger partial charge in [-0.1, -0.05) is 15.9 Å². The molecule has 1 aromatic carbocycles. The van der Waals surface area contributed by atoms with E-state index in [0.717, 1.165) is 4.47 Å². The van der Waals surface area contributed by atoms with Crippen LogP contribution >= 0.6 is 15.9 Å². The zero-order valence-corrected chi connectivity index (χ0v) is 11.7. The lowest BCUT2D eigenvalue weighted by Crippen LogP contribution is -2.05. The van der Waals surface area contributed by atoms with Gasteiger partial charge in [0.05, 0.1) is 28.7 Å². The number of nitrogen functional groups attached to an aromatic ring is 1. The van der Waals surface area contributed by atoms with Gasteiger partial charge in [-0.2, -0.15) is 5.26 Å². The van der Waals surface area contributed by atoms with Crippen LogP contribution in [-0.2, 0) is 0 Å². The SMILES string of the molecule is N#Cc1cc(Br)ccc1Nc1cc(C(=O)O)c(N)cn1. The number of aromatic nitrogens is 1. The molecule has 2 rings (SSSR count). The van der Waals surface area contributed by atoms with Gasteiger partial charge < -0.3 is 16.2 Å². The largest absolute Gasteiger partial charge is 0.478 e. The number of carboxylic acid groups (broad SMARTS) is 1. The smallest absolute Gasteiger partial charge is 0.337 e. The van der Waals surface area contributed by atoms with Crippen LogP contribution < -0.4 is 11.1 Å². The summed E-state index contributed by atoms with van der Waals surface area (Å²) in [5.41, 5.74) is 6.51. The number of hydrogen-bond acceptors (Lipinski definition) is 5. The number of hydrogen-bond donors (Lipinski definition) is 3. The third-order valence-corrected chi connectivity index (χ3v) is 3.02. The summed E-state index contributed by atoms with van der Waals surface area (Å²) in [4.78, 5) is 15.0. The van der Waals surface area contributed by atoms with Crippen molar-refractivity contribution in [1.82, 2.24) is 4.98 Å². The van der Waals surface area contributed by atoms with Crippen molar-refractivity contribution in [3.63, 3.8) is 0 Å². The molecular weight excluding hydrogens is 324 g/mol. The lowest BCUT2D eigenvalue weighted by atomic mass is 10.2. The molecule has 0 atom stereocenters. The Labute approximate surface area is 123 Å². The number of nitrogens with zero attached hydrogens (tertiary/aromatic N) is 2. The van der Waals surface area contributed by atoms with Crippen molar-refractivity contribution in [2.24, 2.45) is 0 Å². The average molecular weight is 333 g/mol. The van der Waals surface area contributed by atoms with Gasteiger partial charge in [-0.05, 0) is 24.3 Å². The third kappa shape index (κ3) is 2.87. The molecule has 0 aliphatic heterocycles. The maximum Gasteiger partial charge on any atom is 0.337 e. The Hall–Kier alpha value is -2.59. The number of pyridine rings is 1. The summed E-state index contributed by atoms with van der Waals surface area (Å²) in [6.07, 6.45) is 1.26. The monoisotopic (exact) mass is 332 g/mol. The number of carbonyl (C=O) groups is 1. The summed E-state index contributed by atoms with van der Waals surface area (Å²) in [7, 11) is 0. The van der Waals surface area contributed by atoms with E-state index in [2.05, 4.69) is 26.2 Å². The van der Waals surface area contributed by atoms with E-state index in [9.17, 15) is 4.79 Å². The van der Waals surface area contributed by atoms with Crippen LogP contribution in [-0.4, -0.2) is 16.1 Å². The molecule has 0 amide bonds. The Balaban J connectivity index is 2.38. The van der Waals surface area contributed by atoms with Crippen LogP contribution in [0.4, 0.5) is 17.2 Å². The normalized spacial score (nSPS) is 9.80. The van der Waals surface area contributed by atoms with E-state index in [1.807, 2.05) is 6.07 Å². The minimum atomic E-state index is -1.13. The molecule has 0 aliphatic carbocycles. The predicted octanol–water partition coefficient (Wildman–Crippen LogP) is 2.74. The Morgan fingerprint density at radius 3 is 2.85 bits per heavy atom. The number of nitrogens with two attached hydrogens (primary N) is 1. The molecule has 100 valence electrons. The van der Waals surface area contributed by atoms with Crippen LogP contribution in [0.3, 0.4) is 0 Å². The summed E-state index contributed by atoms with van der Waals surface area (Å²) >= 11 is 3.27. The molecule has 0 saturated heterocycles. The number of nitrogens with one attached hydrogen (secondary N) is 1. The third-order valence-electron chi connectivity index (χ3n) is 2.53. The van der Waals surface area contributed by atoms with Gasteiger partial charge in [0.1, 0.15) is 11.9 Å². The molecule has 0 aliphatic rings. The van der Waals surface area contributed by atoms with Crippen LogP contribution in [0, 0.1) is 11.3 Å². The Kier molecular flexibility index (Phi) is 3.86. The minimum absolute atomic E-state index is 0.0434. The van der Waals surface area contributed by atoms with Crippen molar-refractivity contribution in [2.75, 3.05) is 11.1 Å². The highest BCUT2D eigenvalue weighted by atomic mass is 79.9. The number of anilines is 3. The number of benzene rings is 1. The first-order chi connectivity index (χ1) is 9.51. The van der Waals surface area contributed by atoms with E-state index in [0.29, 0.717) is 17.1 Å². The summed E-state index contributed by atoms with van der Waals surface area (Å²) in [6.45, 7) is 0. The van der Waals surface area contributed by atoms with Gasteiger partial charge in [-0.3, -0.25) is 0 Å². The molecule has 0 bridgehead atoms. The molecule has 0 saturated carbocycles. The fourth-order valence-electron chi connectivity index (χ4n) is 1.58. The maximum atomic E-state index is 11.0.